The number of carboxylic acid groups (broad SMARTS) is 2. The van der Waals surface area contributed by atoms with Crippen LogP contribution in [0, 0.1) is 5.92 Å². The summed E-state index contributed by atoms with van der Waals surface area (Å²) in [7, 11) is 0. The van der Waals surface area contributed by atoms with Crippen LogP contribution in [-0.4, -0.2) is 32.9 Å². The fourth-order valence-electron chi connectivity index (χ4n) is 0.757. The average Bonchev–Trinajstić information content (AvgIpc) is 1.84. The first-order valence-electron chi connectivity index (χ1n) is 3.48. The maximum Gasteiger partial charge on any atom is 0.336 e. The molecule has 0 radical (unpaired) electrons. The molecule has 0 aliphatic heterocycles. The Morgan fingerprint density at radius 3 is 1.64 bits per heavy atom. The first kappa shape index (κ1) is 18.6. The zero-order chi connectivity index (χ0) is 9.94. The summed E-state index contributed by atoms with van der Waals surface area (Å²) in [5.74, 6) is -3.46. The van der Waals surface area contributed by atoms with Gasteiger partial charge in [-0.15, -0.1) is 0 Å². The Hall–Kier alpha value is -1.18. The third-order valence-corrected chi connectivity index (χ3v) is 1.75. The molecule has 0 saturated carbocycles. The number of hydrogen-bond donors (Lipinski definition) is 5. The lowest BCUT2D eigenvalue weighted by Gasteiger charge is -2.25. The van der Waals surface area contributed by atoms with Crippen molar-refractivity contribution in [2.75, 3.05) is 0 Å². The fraction of sp³-hybridized carbons (Fsp3) is 0.714. The molecule has 0 bridgehead atoms. The molecule has 0 rings (SSSR count). The number of rotatable bonds is 4. The summed E-state index contributed by atoms with van der Waals surface area (Å²) in [6.45, 7) is 2.91. The first-order chi connectivity index (χ1) is 5.30. The number of carbonyl (C=O) groups is 2. The summed E-state index contributed by atoms with van der Waals surface area (Å²) >= 11 is 0. The van der Waals surface area contributed by atoms with Crippen molar-refractivity contribution in [2.45, 2.75) is 25.9 Å². The largest absolute Gasteiger partial charge is 0.481 e. The SMILES string of the molecule is CC(C)C(O)(CC(=O)O)C(=O)O.N.N. The number of carboxylic acids is 2. The summed E-state index contributed by atoms with van der Waals surface area (Å²) in [5.41, 5.74) is -2.16. The minimum Gasteiger partial charge on any atom is -0.481 e. The molecule has 1 atom stereocenters. The van der Waals surface area contributed by atoms with E-state index in [-0.39, 0.29) is 12.3 Å². The molecule has 0 saturated heterocycles. The van der Waals surface area contributed by atoms with Crippen molar-refractivity contribution in [3.05, 3.63) is 0 Å². The second-order valence-corrected chi connectivity index (χ2v) is 2.95. The van der Waals surface area contributed by atoms with E-state index in [0.717, 1.165) is 0 Å². The van der Waals surface area contributed by atoms with Gasteiger partial charge in [-0.25, -0.2) is 4.79 Å². The van der Waals surface area contributed by atoms with Gasteiger partial charge in [0.15, 0.2) is 5.60 Å². The monoisotopic (exact) mass is 210 g/mol. The summed E-state index contributed by atoms with van der Waals surface area (Å²) in [5, 5.41) is 26.2. The molecule has 0 aliphatic rings. The van der Waals surface area contributed by atoms with Crippen LogP contribution in [0.2, 0.25) is 0 Å². The molecule has 0 amide bonds. The van der Waals surface area contributed by atoms with E-state index in [4.69, 9.17) is 10.2 Å². The van der Waals surface area contributed by atoms with Crippen LogP contribution in [0.3, 0.4) is 0 Å². The molecule has 9 N–H and O–H groups in total. The van der Waals surface area contributed by atoms with E-state index < -0.39 is 29.9 Å². The quantitative estimate of drug-likeness (QED) is 0.443. The average molecular weight is 210 g/mol. The molecule has 7 heteroatoms. The third kappa shape index (κ3) is 4.17. The minimum atomic E-state index is -2.16. The van der Waals surface area contributed by atoms with Gasteiger partial charge in [-0.3, -0.25) is 4.79 Å². The van der Waals surface area contributed by atoms with E-state index in [9.17, 15) is 14.7 Å². The smallest absolute Gasteiger partial charge is 0.336 e. The lowest BCUT2D eigenvalue weighted by Crippen LogP contribution is -2.45. The maximum atomic E-state index is 10.5. The Bertz CT molecular complexity index is 206. The number of hydrogen-bond acceptors (Lipinski definition) is 5. The van der Waals surface area contributed by atoms with Crippen molar-refractivity contribution in [1.82, 2.24) is 12.3 Å². The van der Waals surface area contributed by atoms with Gasteiger partial charge in [0, 0.05) is 0 Å². The summed E-state index contributed by atoms with van der Waals surface area (Å²) in [6.07, 6.45) is -0.778. The highest BCUT2D eigenvalue weighted by Gasteiger charge is 2.41. The predicted octanol–water partition coefficient (Wildman–Crippen LogP) is 0.257. The highest BCUT2D eigenvalue weighted by atomic mass is 16.4. The Labute approximate surface area is 81.9 Å². The number of aliphatic hydroxyl groups is 1. The zero-order valence-corrected chi connectivity index (χ0v) is 8.36. The van der Waals surface area contributed by atoms with Gasteiger partial charge in [0.1, 0.15) is 0 Å². The summed E-state index contributed by atoms with van der Waals surface area (Å²) in [6, 6.07) is 0. The van der Waals surface area contributed by atoms with E-state index in [2.05, 4.69) is 0 Å². The molecule has 0 fully saturated rings. The normalized spacial score (nSPS) is 13.4. The van der Waals surface area contributed by atoms with Gasteiger partial charge in [0.25, 0.3) is 0 Å². The summed E-state index contributed by atoms with van der Waals surface area (Å²) in [4.78, 5) is 20.7. The van der Waals surface area contributed by atoms with Crippen molar-refractivity contribution < 1.29 is 24.9 Å². The topological polar surface area (TPSA) is 165 Å². The molecule has 0 spiro atoms. The van der Waals surface area contributed by atoms with Crippen LogP contribution in [0.4, 0.5) is 0 Å². The molecule has 1 unspecified atom stereocenters. The second-order valence-electron chi connectivity index (χ2n) is 2.95. The molecule has 0 aromatic rings. The molecule has 0 aliphatic carbocycles. The molecule has 0 aromatic carbocycles. The number of aliphatic carboxylic acids is 2. The Morgan fingerprint density at radius 1 is 1.21 bits per heavy atom. The predicted molar refractivity (Wildman–Crippen MR) is 49.7 cm³/mol. The van der Waals surface area contributed by atoms with Crippen LogP contribution in [0.25, 0.3) is 0 Å². The van der Waals surface area contributed by atoms with Crippen molar-refractivity contribution in [3.63, 3.8) is 0 Å². The van der Waals surface area contributed by atoms with Crippen LogP contribution in [0.15, 0.2) is 0 Å². The van der Waals surface area contributed by atoms with E-state index in [1.54, 1.807) is 0 Å². The highest BCUT2D eigenvalue weighted by Crippen LogP contribution is 2.21. The van der Waals surface area contributed by atoms with Gasteiger partial charge in [0.2, 0.25) is 0 Å². The van der Waals surface area contributed by atoms with Crippen LogP contribution < -0.4 is 12.3 Å². The second kappa shape index (κ2) is 6.30. The highest BCUT2D eigenvalue weighted by molar-refractivity contribution is 5.83. The van der Waals surface area contributed by atoms with Crippen LogP contribution >= 0.6 is 0 Å². The zero-order valence-electron chi connectivity index (χ0n) is 8.36. The maximum absolute atomic E-state index is 10.5. The van der Waals surface area contributed by atoms with Crippen LogP contribution in [0.5, 0.6) is 0 Å². The minimum absolute atomic E-state index is 0. The molecule has 0 heterocycles. The Balaban J connectivity index is -0.000000605. The van der Waals surface area contributed by atoms with Gasteiger partial charge in [-0.2, -0.15) is 0 Å². The Morgan fingerprint density at radius 2 is 1.57 bits per heavy atom. The van der Waals surface area contributed by atoms with Crippen molar-refractivity contribution in [1.29, 1.82) is 0 Å². The van der Waals surface area contributed by atoms with Crippen molar-refractivity contribution >= 4 is 11.9 Å². The van der Waals surface area contributed by atoms with Gasteiger partial charge in [0.05, 0.1) is 6.42 Å². The van der Waals surface area contributed by atoms with E-state index >= 15 is 0 Å². The molecule has 86 valence electrons. The van der Waals surface area contributed by atoms with Gasteiger partial charge in [-0.1, -0.05) is 13.8 Å². The van der Waals surface area contributed by atoms with E-state index in [1.807, 2.05) is 0 Å². The molecular weight excluding hydrogens is 192 g/mol. The summed E-state index contributed by atoms with van der Waals surface area (Å²) < 4.78 is 0. The molecular formula is C7H18N2O5. The molecule has 7 nitrogen and oxygen atoms in total. The van der Waals surface area contributed by atoms with Gasteiger partial charge < -0.3 is 27.6 Å². The van der Waals surface area contributed by atoms with Crippen molar-refractivity contribution in [3.8, 4) is 0 Å². The fourth-order valence-corrected chi connectivity index (χ4v) is 0.757. The van der Waals surface area contributed by atoms with Crippen molar-refractivity contribution in [2.24, 2.45) is 5.92 Å². The van der Waals surface area contributed by atoms with Crippen LogP contribution in [0.1, 0.15) is 20.3 Å². The lowest BCUT2D eigenvalue weighted by molar-refractivity contribution is -0.170. The standard InChI is InChI=1S/C7H12O5.2H3N/c1-4(2)7(12,6(10)11)3-5(8)9;;/h4,12H,3H2,1-2H3,(H,8,9)(H,10,11);2*1H3. The van der Waals surface area contributed by atoms with Gasteiger partial charge >= 0.3 is 11.9 Å². The van der Waals surface area contributed by atoms with E-state index in [0.29, 0.717) is 0 Å². The third-order valence-electron chi connectivity index (χ3n) is 1.75. The van der Waals surface area contributed by atoms with E-state index in [1.165, 1.54) is 13.8 Å². The van der Waals surface area contributed by atoms with Gasteiger partial charge in [-0.05, 0) is 5.92 Å². The Kier molecular flexibility index (Phi) is 8.36. The molecule has 0 aromatic heterocycles. The molecule has 14 heavy (non-hydrogen) atoms. The lowest BCUT2D eigenvalue weighted by atomic mass is 9.87. The first-order valence-corrected chi connectivity index (χ1v) is 3.48. The van der Waals surface area contributed by atoms with Crippen LogP contribution in [-0.2, 0) is 9.59 Å².